The predicted octanol–water partition coefficient (Wildman–Crippen LogP) is 2.84. The number of nitrogens with zero attached hydrogens (tertiary/aromatic N) is 3. The molecule has 5 nitrogen and oxygen atoms in total. The maximum atomic E-state index is 13.1. The summed E-state index contributed by atoms with van der Waals surface area (Å²) in [7, 11) is -2.50. The Morgan fingerprint density at radius 3 is 2.43 bits per heavy atom. The topological polar surface area (TPSA) is 64.8 Å². The van der Waals surface area contributed by atoms with Crippen molar-refractivity contribution in [3.63, 3.8) is 0 Å². The van der Waals surface area contributed by atoms with Crippen molar-refractivity contribution in [2.75, 3.05) is 0 Å². The normalized spacial score (nSPS) is 11.1. The van der Waals surface area contributed by atoms with Gasteiger partial charge in [0.1, 0.15) is 28.7 Å². The average Bonchev–Trinajstić information content (AvgIpc) is 2.90. The van der Waals surface area contributed by atoms with Gasteiger partial charge in [0.2, 0.25) is 0 Å². The highest BCUT2D eigenvalue weighted by atomic mass is 35.5. The maximum Gasteiger partial charge on any atom is 0.155 e. The molecule has 0 saturated carbocycles. The standard InChI is InChI=1S/C15H11ClFN3O2S/c16-15-14(11-2-4-12(17)5-3-11)20(9-19-15)13-6-1-10(7-18-13)8-23(21)22/h1-7,9,23H,8H2. The molecule has 0 atom stereocenters. The van der Waals surface area contributed by atoms with Crippen molar-refractivity contribution in [2.24, 2.45) is 0 Å². The lowest BCUT2D eigenvalue weighted by Gasteiger charge is -2.08. The zero-order valence-electron chi connectivity index (χ0n) is 11.7. The first-order valence-corrected chi connectivity index (χ1v) is 8.34. The molecule has 0 aliphatic heterocycles. The Kier molecular flexibility index (Phi) is 4.40. The van der Waals surface area contributed by atoms with Crippen LogP contribution >= 0.6 is 11.6 Å². The molecule has 0 unspecified atom stereocenters. The second-order valence-corrected chi connectivity index (χ2v) is 6.12. The van der Waals surface area contributed by atoms with Gasteiger partial charge in [-0.25, -0.2) is 22.8 Å². The van der Waals surface area contributed by atoms with Crippen molar-refractivity contribution >= 4 is 22.3 Å². The van der Waals surface area contributed by atoms with Crippen LogP contribution in [0.1, 0.15) is 5.56 Å². The monoisotopic (exact) mass is 351 g/mol. The highest BCUT2D eigenvalue weighted by molar-refractivity contribution is 7.71. The fourth-order valence-corrected chi connectivity index (χ4v) is 2.90. The molecule has 23 heavy (non-hydrogen) atoms. The second kappa shape index (κ2) is 6.47. The number of pyridine rings is 1. The van der Waals surface area contributed by atoms with Gasteiger partial charge in [-0.05, 0) is 35.9 Å². The third-order valence-electron chi connectivity index (χ3n) is 3.21. The summed E-state index contributed by atoms with van der Waals surface area (Å²) < 4.78 is 36.2. The van der Waals surface area contributed by atoms with Crippen LogP contribution in [0.25, 0.3) is 17.1 Å². The lowest BCUT2D eigenvalue weighted by molar-refractivity contribution is 0.614. The summed E-state index contributed by atoms with van der Waals surface area (Å²) in [5.41, 5.74) is 1.88. The molecule has 3 aromatic rings. The molecule has 118 valence electrons. The first-order chi connectivity index (χ1) is 11.0. The molecule has 0 N–H and O–H groups in total. The van der Waals surface area contributed by atoms with Crippen LogP contribution in [0.3, 0.4) is 0 Å². The van der Waals surface area contributed by atoms with Crippen molar-refractivity contribution in [2.45, 2.75) is 5.75 Å². The van der Waals surface area contributed by atoms with Crippen LogP contribution in [0.4, 0.5) is 4.39 Å². The van der Waals surface area contributed by atoms with Gasteiger partial charge in [-0.3, -0.25) is 4.57 Å². The molecule has 0 aliphatic rings. The summed E-state index contributed by atoms with van der Waals surface area (Å²) in [5, 5.41) is 0.269. The minimum atomic E-state index is -2.50. The van der Waals surface area contributed by atoms with Gasteiger partial charge in [-0.2, -0.15) is 0 Å². The van der Waals surface area contributed by atoms with Crippen molar-refractivity contribution in [3.05, 3.63) is 65.5 Å². The molecule has 1 aromatic carbocycles. The van der Waals surface area contributed by atoms with Gasteiger partial charge in [0.25, 0.3) is 0 Å². The van der Waals surface area contributed by atoms with E-state index in [-0.39, 0.29) is 16.7 Å². The summed E-state index contributed by atoms with van der Waals surface area (Å²) in [6, 6.07) is 9.24. The SMILES string of the molecule is O=[SH](=O)Cc1ccc(-n2cnc(Cl)c2-c2ccc(F)cc2)nc1. The Labute approximate surface area is 138 Å². The number of benzene rings is 1. The first kappa shape index (κ1) is 15.6. The van der Waals surface area contributed by atoms with E-state index in [1.807, 2.05) is 0 Å². The first-order valence-electron chi connectivity index (χ1n) is 6.60. The molecular formula is C15H11ClFN3O2S. The van der Waals surface area contributed by atoms with E-state index in [0.717, 1.165) is 0 Å². The molecule has 0 saturated heterocycles. The lowest BCUT2D eigenvalue weighted by atomic mass is 10.1. The summed E-state index contributed by atoms with van der Waals surface area (Å²) in [5.74, 6) is 0.136. The molecule has 0 amide bonds. The van der Waals surface area contributed by atoms with E-state index in [9.17, 15) is 12.8 Å². The van der Waals surface area contributed by atoms with Crippen LogP contribution in [0, 0.1) is 5.82 Å². The molecule has 8 heteroatoms. The van der Waals surface area contributed by atoms with Crippen LogP contribution in [0.5, 0.6) is 0 Å². The zero-order chi connectivity index (χ0) is 16.4. The summed E-state index contributed by atoms with van der Waals surface area (Å²) in [4.78, 5) is 8.30. The minimum Gasteiger partial charge on any atom is -0.281 e. The van der Waals surface area contributed by atoms with E-state index in [1.54, 1.807) is 28.8 Å². The van der Waals surface area contributed by atoms with Gasteiger partial charge < -0.3 is 0 Å². The highest BCUT2D eigenvalue weighted by Gasteiger charge is 2.14. The smallest absolute Gasteiger partial charge is 0.155 e. The number of hydrogen-bond donors (Lipinski definition) is 1. The number of rotatable bonds is 4. The molecule has 3 rings (SSSR count). The van der Waals surface area contributed by atoms with Crippen LogP contribution in [-0.4, -0.2) is 23.0 Å². The van der Waals surface area contributed by atoms with E-state index in [2.05, 4.69) is 9.97 Å². The molecule has 0 bridgehead atoms. The Bertz CT molecular complexity index is 897. The van der Waals surface area contributed by atoms with E-state index in [1.165, 1.54) is 24.7 Å². The highest BCUT2D eigenvalue weighted by Crippen LogP contribution is 2.29. The lowest BCUT2D eigenvalue weighted by Crippen LogP contribution is -1.99. The number of hydrogen-bond acceptors (Lipinski definition) is 4. The van der Waals surface area contributed by atoms with Crippen molar-refractivity contribution in [3.8, 4) is 17.1 Å². The fraction of sp³-hybridized carbons (Fsp3) is 0.0667. The van der Waals surface area contributed by atoms with Crippen LogP contribution in [0.15, 0.2) is 48.9 Å². The Morgan fingerprint density at radius 1 is 1.09 bits per heavy atom. The minimum absolute atomic E-state index is 0.0574. The maximum absolute atomic E-state index is 13.1. The number of aromatic nitrogens is 3. The quantitative estimate of drug-likeness (QED) is 0.734. The number of halogens is 2. The third kappa shape index (κ3) is 3.40. The zero-order valence-corrected chi connectivity index (χ0v) is 13.3. The summed E-state index contributed by atoms with van der Waals surface area (Å²) in [6.07, 6.45) is 3.00. The predicted molar refractivity (Wildman–Crippen MR) is 85.8 cm³/mol. The second-order valence-electron chi connectivity index (χ2n) is 4.78. The van der Waals surface area contributed by atoms with E-state index in [0.29, 0.717) is 22.6 Å². The third-order valence-corrected chi connectivity index (χ3v) is 4.11. The van der Waals surface area contributed by atoms with Gasteiger partial charge in [0.05, 0.1) is 11.4 Å². The van der Waals surface area contributed by atoms with Crippen LogP contribution in [-0.2, 0) is 16.5 Å². The van der Waals surface area contributed by atoms with Gasteiger partial charge in [-0.1, -0.05) is 17.7 Å². The molecule has 0 aliphatic carbocycles. The number of imidazole rings is 1. The Hall–Kier alpha value is -2.25. The van der Waals surface area contributed by atoms with Crippen molar-refractivity contribution < 1.29 is 12.8 Å². The van der Waals surface area contributed by atoms with Crippen LogP contribution < -0.4 is 0 Å². The van der Waals surface area contributed by atoms with E-state index < -0.39 is 10.7 Å². The number of thiol groups is 1. The fourth-order valence-electron chi connectivity index (χ4n) is 2.17. The van der Waals surface area contributed by atoms with E-state index in [4.69, 9.17) is 11.6 Å². The Morgan fingerprint density at radius 2 is 1.83 bits per heavy atom. The van der Waals surface area contributed by atoms with E-state index >= 15 is 0 Å². The average molecular weight is 352 g/mol. The Balaban J connectivity index is 2.02. The molecule has 0 spiro atoms. The van der Waals surface area contributed by atoms with Crippen LogP contribution in [0.2, 0.25) is 5.15 Å². The molecular weight excluding hydrogens is 341 g/mol. The van der Waals surface area contributed by atoms with Gasteiger partial charge in [0.15, 0.2) is 5.15 Å². The molecule has 2 aromatic heterocycles. The molecule has 0 radical (unpaired) electrons. The van der Waals surface area contributed by atoms with Gasteiger partial charge in [0, 0.05) is 11.8 Å². The largest absolute Gasteiger partial charge is 0.281 e. The van der Waals surface area contributed by atoms with Crippen molar-refractivity contribution in [1.29, 1.82) is 0 Å². The molecule has 2 heterocycles. The van der Waals surface area contributed by atoms with Crippen molar-refractivity contribution in [1.82, 2.24) is 14.5 Å². The summed E-state index contributed by atoms with van der Waals surface area (Å²) in [6.45, 7) is 0. The van der Waals surface area contributed by atoms with Gasteiger partial charge in [-0.15, -0.1) is 0 Å². The molecule has 0 fully saturated rings. The van der Waals surface area contributed by atoms with Gasteiger partial charge >= 0.3 is 0 Å². The summed E-state index contributed by atoms with van der Waals surface area (Å²) >= 11 is 6.14.